The number of urea groups is 1. The van der Waals surface area contributed by atoms with Gasteiger partial charge in [0.25, 0.3) is 0 Å². The summed E-state index contributed by atoms with van der Waals surface area (Å²) in [5.74, 6) is -1.70. The second-order valence-corrected chi connectivity index (χ2v) is 5.30. The lowest BCUT2D eigenvalue weighted by atomic mass is 10.1. The van der Waals surface area contributed by atoms with Gasteiger partial charge in [-0.25, -0.2) is 13.6 Å². The minimum Gasteiger partial charge on any atom is -0.326 e. The monoisotopic (exact) mass is 297 g/mol. The third-order valence-corrected chi connectivity index (χ3v) is 3.70. The molecule has 21 heavy (non-hydrogen) atoms. The Bertz CT molecular complexity index is 510. The number of hydrogen-bond acceptors (Lipinski definition) is 2. The zero-order chi connectivity index (χ0) is 15.4. The van der Waals surface area contributed by atoms with Crippen molar-refractivity contribution in [2.75, 3.05) is 33.2 Å². The molecule has 6 heteroatoms. The molecule has 1 aromatic rings. The first-order valence-corrected chi connectivity index (χ1v) is 7.22. The number of rotatable bonds is 6. The lowest BCUT2D eigenvalue weighted by Gasteiger charge is -2.25. The Morgan fingerprint density at radius 1 is 1.33 bits per heavy atom. The summed E-state index contributed by atoms with van der Waals surface area (Å²) >= 11 is 0. The molecule has 0 radical (unpaired) electrons. The van der Waals surface area contributed by atoms with Gasteiger partial charge in [-0.2, -0.15) is 0 Å². The van der Waals surface area contributed by atoms with Crippen LogP contribution < -0.4 is 5.32 Å². The summed E-state index contributed by atoms with van der Waals surface area (Å²) in [4.78, 5) is 15.2. The second kappa shape index (κ2) is 6.85. The average Bonchev–Trinajstić information content (AvgIpc) is 2.78. The fourth-order valence-corrected chi connectivity index (χ4v) is 2.47. The largest absolute Gasteiger partial charge is 0.326 e. The van der Waals surface area contributed by atoms with E-state index in [9.17, 15) is 13.6 Å². The van der Waals surface area contributed by atoms with Crippen molar-refractivity contribution in [3.05, 3.63) is 35.4 Å². The van der Waals surface area contributed by atoms with Gasteiger partial charge in [-0.3, -0.25) is 0 Å². The quantitative estimate of drug-likeness (QED) is 0.875. The van der Waals surface area contributed by atoms with E-state index in [1.165, 1.54) is 6.07 Å². The van der Waals surface area contributed by atoms with E-state index in [0.717, 1.165) is 12.5 Å². The third-order valence-electron chi connectivity index (χ3n) is 3.70. The molecule has 116 valence electrons. The van der Waals surface area contributed by atoms with Crippen LogP contribution in [0.2, 0.25) is 0 Å². The maximum atomic E-state index is 14.0. The molecule has 4 nitrogen and oxygen atoms in total. The molecule has 1 fully saturated rings. The first-order valence-electron chi connectivity index (χ1n) is 7.22. The van der Waals surface area contributed by atoms with Crippen molar-refractivity contribution in [2.45, 2.75) is 19.4 Å². The molecule has 1 aliphatic rings. The molecular formula is C15H21F2N3O. The first kappa shape index (κ1) is 15.7. The van der Waals surface area contributed by atoms with Crippen LogP contribution in [0.3, 0.4) is 0 Å². The van der Waals surface area contributed by atoms with Gasteiger partial charge in [0.1, 0.15) is 0 Å². The number of benzene rings is 1. The zero-order valence-electron chi connectivity index (χ0n) is 12.4. The Labute approximate surface area is 123 Å². The van der Waals surface area contributed by atoms with Gasteiger partial charge in [-0.1, -0.05) is 19.1 Å². The zero-order valence-corrected chi connectivity index (χ0v) is 12.4. The predicted octanol–water partition coefficient (Wildman–Crippen LogP) is 2.37. The van der Waals surface area contributed by atoms with Crippen LogP contribution in [-0.2, 0) is 0 Å². The molecule has 1 atom stereocenters. The SMILES string of the molecule is CCCNC(CN1CCN(C)C1=O)c1cccc(F)c1F. The van der Waals surface area contributed by atoms with Gasteiger partial charge in [-0.05, 0) is 19.0 Å². The van der Waals surface area contributed by atoms with E-state index in [-0.39, 0.29) is 11.6 Å². The van der Waals surface area contributed by atoms with Crippen LogP contribution in [0, 0.1) is 11.6 Å². The molecule has 0 aromatic heterocycles. The number of nitrogens with one attached hydrogen (secondary N) is 1. The Kier molecular flexibility index (Phi) is 5.12. The maximum absolute atomic E-state index is 14.0. The smallest absolute Gasteiger partial charge is 0.319 e. The summed E-state index contributed by atoms with van der Waals surface area (Å²) in [6.45, 7) is 4.28. The maximum Gasteiger partial charge on any atom is 0.319 e. The minimum atomic E-state index is -0.860. The summed E-state index contributed by atoms with van der Waals surface area (Å²) in [5, 5.41) is 3.20. The second-order valence-electron chi connectivity index (χ2n) is 5.30. The summed E-state index contributed by atoms with van der Waals surface area (Å²) in [7, 11) is 1.74. The molecule has 1 N–H and O–H groups in total. The summed E-state index contributed by atoms with van der Waals surface area (Å²) in [6, 6.07) is 3.68. The van der Waals surface area contributed by atoms with Gasteiger partial charge < -0.3 is 15.1 Å². The molecule has 0 bridgehead atoms. The molecular weight excluding hydrogens is 276 g/mol. The first-order chi connectivity index (χ1) is 10.0. The van der Waals surface area contributed by atoms with Crippen LogP contribution in [0.15, 0.2) is 18.2 Å². The van der Waals surface area contributed by atoms with Gasteiger partial charge in [0.2, 0.25) is 0 Å². The molecule has 2 rings (SSSR count). The van der Waals surface area contributed by atoms with E-state index < -0.39 is 17.7 Å². The highest BCUT2D eigenvalue weighted by Crippen LogP contribution is 2.22. The highest BCUT2D eigenvalue weighted by atomic mass is 19.2. The van der Waals surface area contributed by atoms with Gasteiger partial charge in [0, 0.05) is 32.2 Å². The molecule has 0 aliphatic carbocycles. The number of amides is 2. The molecule has 1 heterocycles. The Morgan fingerprint density at radius 3 is 2.71 bits per heavy atom. The van der Waals surface area contributed by atoms with Crippen LogP contribution in [0.25, 0.3) is 0 Å². The molecule has 0 saturated carbocycles. The fourth-order valence-electron chi connectivity index (χ4n) is 2.47. The Morgan fingerprint density at radius 2 is 2.10 bits per heavy atom. The number of carbonyl (C=O) groups excluding carboxylic acids is 1. The molecule has 1 aromatic carbocycles. The van der Waals surface area contributed by atoms with Crippen molar-refractivity contribution in [1.82, 2.24) is 15.1 Å². The van der Waals surface area contributed by atoms with Gasteiger partial charge >= 0.3 is 6.03 Å². The lowest BCUT2D eigenvalue weighted by molar-refractivity contribution is 0.193. The van der Waals surface area contributed by atoms with E-state index in [4.69, 9.17) is 0 Å². The minimum absolute atomic E-state index is 0.0740. The van der Waals surface area contributed by atoms with Crippen LogP contribution >= 0.6 is 0 Å². The topological polar surface area (TPSA) is 35.6 Å². The van der Waals surface area contributed by atoms with E-state index in [1.807, 2.05) is 6.92 Å². The van der Waals surface area contributed by atoms with E-state index in [0.29, 0.717) is 26.2 Å². The molecule has 1 aliphatic heterocycles. The number of hydrogen-bond donors (Lipinski definition) is 1. The normalized spacial score (nSPS) is 16.7. The number of halogens is 2. The number of nitrogens with zero attached hydrogens (tertiary/aromatic N) is 2. The van der Waals surface area contributed by atoms with Crippen molar-refractivity contribution in [3.8, 4) is 0 Å². The predicted molar refractivity (Wildman–Crippen MR) is 77.0 cm³/mol. The summed E-state index contributed by atoms with van der Waals surface area (Å²) < 4.78 is 27.4. The summed E-state index contributed by atoms with van der Waals surface area (Å²) in [5.41, 5.74) is 0.269. The Hall–Kier alpha value is -1.69. The molecule has 1 saturated heterocycles. The molecule has 2 amide bonds. The van der Waals surface area contributed by atoms with E-state index in [2.05, 4.69) is 5.32 Å². The van der Waals surface area contributed by atoms with Crippen molar-refractivity contribution in [1.29, 1.82) is 0 Å². The standard InChI is InChI=1S/C15H21F2N3O/c1-3-7-18-13(10-20-9-8-19(2)15(20)21)11-5-4-6-12(16)14(11)17/h4-6,13,18H,3,7-10H2,1-2H3. The van der Waals surface area contributed by atoms with Crippen molar-refractivity contribution >= 4 is 6.03 Å². The van der Waals surface area contributed by atoms with Crippen LogP contribution in [0.1, 0.15) is 24.9 Å². The highest BCUT2D eigenvalue weighted by Gasteiger charge is 2.29. The van der Waals surface area contributed by atoms with Crippen molar-refractivity contribution < 1.29 is 13.6 Å². The average molecular weight is 297 g/mol. The van der Waals surface area contributed by atoms with E-state index >= 15 is 0 Å². The van der Waals surface area contributed by atoms with Crippen molar-refractivity contribution in [3.63, 3.8) is 0 Å². The van der Waals surface area contributed by atoms with Crippen LogP contribution in [0.4, 0.5) is 13.6 Å². The number of likely N-dealkylation sites (N-methyl/N-ethyl adjacent to an activating group) is 1. The van der Waals surface area contributed by atoms with Crippen molar-refractivity contribution in [2.24, 2.45) is 0 Å². The Balaban J connectivity index is 2.18. The van der Waals surface area contributed by atoms with Crippen LogP contribution in [0.5, 0.6) is 0 Å². The van der Waals surface area contributed by atoms with Crippen LogP contribution in [-0.4, -0.2) is 49.1 Å². The number of carbonyl (C=O) groups is 1. The fraction of sp³-hybridized carbons (Fsp3) is 0.533. The summed E-state index contributed by atoms with van der Waals surface area (Å²) in [6.07, 6.45) is 0.876. The van der Waals surface area contributed by atoms with Gasteiger partial charge in [-0.15, -0.1) is 0 Å². The highest BCUT2D eigenvalue weighted by molar-refractivity contribution is 5.76. The van der Waals surface area contributed by atoms with Gasteiger partial charge in [0.15, 0.2) is 11.6 Å². The van der Waals surface area contributed by atoms with E-state index in [1.54, 1.807) is 22.9 Å². The third kappa shape index (κ3) is 3.50. The lowest BCUT2D eigenvalue weighted by Crippen LogP contribution is -2.38. The molecule has 0 spiro atoms. The van der Waals surface area contributed by atoms with Gasteiger partial charge in [0.05, 0.1) is 6.04 Å². The molecule has 1 unspecified atom stereocenters.